The maximum Gasteiger partial charge on any atom is 0.215 e. The fourth-order valence-corrected chi connectivity index (χ4v) is 4.75. The molecule has 0 saturated carbocycles. The van der Waals surface area contributed by atoms with Gasteiger partial charge in [-0.15, -0.1) is 0 Å². The lowest BCUT2D eigenvalue weighted by atomic mass is 10.1. The molecular weight excluding hydrogens is 363 g/mol. The Morgan fingerprint density at radius 2 is 2.08 bits per heavy atom. The van der Waals surface area contributed by atoms with Crippen LogP contribution in [0.1, 0.15) is 17.2 Å². The number of nitrogens with zero attached hydrogens (tertiary/aromatic N) is 1. The average Bonchev–Trinajstić information content (AvgIpc) is 3.10. The lowest BCUT2D eigenvalue weighted by Crippen LogP contribution is -2.43. The summed E-state index contributed by atoms with van der Waals surface area (Å²) in [5.74, 6) is -0.665. The van der Waals surface area contributed by atoms with Crippen LogP contribution in [0.3, 0.4) is 0 Å². The van der Waals surface area contributed by atoms with Gasteiger partial charge in [-0.25, -0.2) is 17.5 Å². The Labute approximate surface area is 151 Å². The number of rotatable bonds is 7. The van der Waals surface area contributed by atoms with Gasteiger partial charge in [0, 0.05) is 25.7 Å². The summed E-state index contributed by atoms with van der Waals surface area (Å²) in [5, 5.41) is 4.03. The SMILES string of the molecule is O=S(=O)(Cc1cccc(F)c1)NCC(c1ccsc1)N1CCOCC1. The third-order valence-electron chi connectivity index (χ3n) is 4.16. The van der Waals surface area contributed by atoms with E-state index in [1.54, 1.807) is 17.4 Å². The zero-order chi connectivity index (χ0) is 17.7. The Balaban J connectivity index is 1.67. The van der Waals surface area contributed by atoms with Crippen molar-refractivity contribution < 1.29 is 17.5 Å². The first-order valence-electron chi connectivity index (χ1n) is 8.09. The van der Waals surface area contributed by atoms with Crippen molar-refractivity contribution in [1.29, 1.82) is 0 Å². The van der Waals surface area contributed by atoms with Gasteiger partial charge in [-0.3, -0.25) is 4.90 Å². The molecule has 0 amide bonds. The second-order valence-corrected chi connectivity index (χ2v) is 8.55. The van der Waals surface area contributed by atoms with Crippen molar-refractivity contribution in [1.82, 2.24) is 9.62 Å². The number of halogens is 1. The summed E-state index contributed by atoms with van der Waals surface area (Å²) in [5.41, 5.74) is 1.53. The van der Waals surface area contributed by atoms with Crippen molar-refractivity contribution in [2.45, 2.75) is 11.8 Å². The quantitative estimate of drug-likeness (QED) is 0.796. The molecule has 1 aromatic heterocycles. The maximum atomic E-state index is 13.3. The van der Waals surface area contributed by atoms with Crippen LogP contribution in [0.15, 0.2) is 41.1 Å². The second-order valence-electron chi connectivity index (χ2n) is 5.96. The van der Waals surface area contributed by atoms with E-state index in [4.69, 9.17) is 4.74 Å². The Morgan fingerprint density at radius 3 is 2.76 bits per heavy atom. The Bertz CT molecular complexity index is 775. The van der Waals surface area contributed by atoms with Gasteiger partial charge >= 0.3 is 0 Å². The van der Waals surface area contributed by atoms with E-state index >= 15 is 0 Å². The molecule has 136 valence electrons. The number of hydrogen-bond donors (Lipinski definition) is 1. The standard InChI is InChI=1S/C17H21FN2O3S2/c18-16-3-1-2-14(10-16)13-25(21,22)19-11-17(15-4-9-24-12-15)20-5-7-23-8-6-20/h1-4,9-10,12,17,19H,5-8,11,13H2. The van der Waals surface area contributed by atoms with Crippen molar-refractivity contribution in [2.24, 2.45) is 0 Å². The van der Waals surface area contributed by atoms with Crippen LogP contribution in [0, 0.1) is 5.82 Å². The third kappa shape index (κ3) is 5.32. The number of nitrogens with one attached hydrogen (secondary N) is 1. The number of ether oxygens (including phenoxy) is 1. The van der Waals surface area contributed by atoms with E-state index in [9.17, 15) is 12.8 Å². The van der Waals surface area contributed by atoms with Crippen LogP contribution in [-0.4, -0.2) is 46.2 Å². The van der Waals surface area contributed by atoms with Crippen LogP contribution in [-0.2, 0) is 20.5 Å². The number of hydrogen-bond acceptors (Lipinski definition) is 5. The Kier molecular flexibility index (Phi) is 6.19. The van der Waals surface area contributed by atoms with E-state index in [0.717, 1.165) is 18.7 Å². The molecule has 3 rings (SSSR count). The van der Waals surface area contributed by atoms with E-state index < -0.39 is 15.8 Å². The lowest BCUT2D eigenvalue weighted by molar-refractivity contribution is 0.0173. The fraction of sp³-hybridized carbons (Fsp3) is 0.412. The highest BCUT2D eigenvalue weighted by atomic mass is 32.2. The minimum Gasteiger partial charge on any atom is -0.379 e. The fourth-order valence-electron chi connectivity index (χ4n) is 2.91. The van der Waals surface area contributed by atoms with Gasteiger partial charge in [0.2, 0.25) is 10.0 Å². The third-order valence-corrected chi connectivity index (χ3v) is 6.18. The number of morpholine rings is 1. The first kappa shape index (κ1) is 18.5. The van der Waals surface area contributed by atoms with E-state index in [1.807, 2.05) is 16.8 Å². The monoisotopic (exact) mass is 384 g/mol. The average molecular weight is 384 g/mol. The van der Waals surface area contributed by atoms with Crippen LogP contribution in [0.25, 0.3) is 0 Å². The van der Waals surface area contributed by atoms with Gasteiger partial charge in [0.05, 0.1) is 19.0 Å². The Morgan fingerprint density at radius 1 is 1.28 bits per heavy atom. The Hall–Kier alpha value is -1.32. The molecule has 0 spiro atoms. The predicted molar refractivity (Wildman–Crippen MR) is 96.5 cm³/mol. The van der Waals surface area contributed by atoms with Gasteiger partial charge in [-0.2, -0.15) is 11.3 Å². The molecule has 1 atom stereocenters. The summed E-state index contributed by atoms with van der Waals surface area (Å²) < 4.78 is 46.1. The van der Waals surface area contributed by atoms with Crippen molar-refractivity contribution in [2.75, 3.05) is 32.8 Å². The topological polar surface area (TPSA) is 58.6 Å². The maximum absolute atomic E-state index is 13.3. The van der Waals surface area contributed by atoms with Gasteiger partial charge in [-0.05, 0) is 40.1 Å². The van der Waals surface area contributed by atoms with Crippen LogP contribution in [0.5, 0.6) is 0 Å². The van der Waals surface area contributed by atoms with Crippen molar-refractivity contribution in [3.63, 3.8) is 0 Å². The zero-order valence-electron chi connectivity index (χ0n) is 13.7. The zero-order valence-corrected chi connectivity index (χ0v) is 15.4. The first-order chi connectivity index (χ1) is 12.0. The molecule has 1 fully saturated rings. The molecule has 1 aromatic carbocycles. The molecule has 2 aromatic rings. The molecule has 8 heteroatoms. The van der Waals surface area contributed by atoms with Gasteiger partial charge < -0.3 is 4.74 Å². The summed E-state index contributed by atoms with van der Waals surface area (Å²) in [6.45, 7) is 3.13. The van der Waals surface area contributed by atoms with Gasteiger partial charge in [-0.1, -0.05) is 12.1 Å². The molecule has 1 unspecified atom stereocenters. The summed E-state index contributed by atoms with van der Waals surface area (Å²) in [4.78, 5) is 2.23. The van der Waals surface area contributed by atoms with E-state index in [1.165, 1.54) is 18.2 Å². The van der Waals surface area contributed by atoms with Crippen LogP contribution in [0.4, 0.5) is 4.39 Å². The molecule has 1 aliphatic heterocycles. The van der Waals surface area contributed by atoms with E-state index in [0.29, 0.717) is 18.8 Å². The molecule has 1 N–H and O–H groups in total. The van der Waals surface area contributed by atoms with Gasteiger partial charge in [0.15, 0.2) is 0 Å². The highest BCUT2D eigenvalue weighted by Gasteiger charge is 2.24. The second kappa shape index (κ2) is 8.37. The smallest absolute Gasteiger partial charge is 0.215 e. The molecule has 2 heterocycles. The van der Waals surface area contributed by atoms with E-state index in [2.05, 4.69) is 9.62 Å². The van der Waals surface area contributed by atoms with Crippen LogP contribution >= 0.6 is 11.3 Å². The minimum atomic E-state index is -3.55. The predicted octanol–water partition coefficient (Wildman–Crippen LogP) is 2.38. The summed E-state index contributed by atoms with van der Waals surface area (Å²) in [6, 6.07) is 7.66. The first-order valence-corrected chi connectivity index (χ1v) is 10.7. The van der Waals surface area contributed by atoms with Gasteiger partial charge in [0.1, 0.15) is 5.82 Å². The lowest BCUT2D eigenvalue weighted by Gasteiger charge is -2.34. The number of thiophene rings is 1. The summed E-state index contributed by atoms with van der Waals surface area (Å²) >= 11 is 1.59. The highest BCUT2D eigenvalue weighted by Crippen LogP contribution is 2.23. The molecule has 1 saturated heterocycles. The minimum absolute atomic E-state index is 0.0302. The van der Waals surface area contributed by atoms with E-state index in [-0.39, 0.29) is 18.3 Å². The van der Waals surface area contributed by atoms with Crippen molar-refractivity contribution >= 4 is 21.4 Å². The van der Waals surface area contributed by atoms with Gasteiger partial charge in [0.25, 0.3) is 0 Å². The molecular formula is C17H21FN2O3S2. The van der Waals surface area contributed by atoms with Crippen molar-refractivity contribution in [3.05, 3.63) is 58.0 Å². The molecule has 1 aliphatic rings. The summed E-state index contributed by atoms with van der Waals surface area (Å²) in [7, 11) is -3.55. The highest BCUT2D eigenvalue weighted by molar-refractivity contribution is 7.88. The summed E-state index contributed by atoms with van der Waals surface area (Å²) in [6.07, 6.45) is 0. The molecule has 0 bridgehead atoms. The molecule has 5 nitrogen and oxygen atoms in total. The molecule has 25 heavy (non-hydrogen) atoms. The van der Waals surface area contributed by atoms with Crippen molar-refractivity contribution in [3.8, 4) is 0 Å². The number of sulfonamides is 1. The number of benzene rings is 1. The van der Waals surface area contributed by atoms with Crippen LogP contribution in [0.2, 0.25) is 0 Å². The normalized spacial score (nSPS) is 17.5. The molecule has 0 radical (unpaired) electrons. The largest absolute Gasteiger partial charge is 0.379 e. The molecule has 0 aliphatic carbocycles. The van der Waals surface area contributed by atoms with Crippen LogP contribution < -0.4 is 4.72 Å².